The smallest absolute Gasteiger partial charge is 0.262 e. The molecule has 0 saturated carbocycles. The van der Waals surface area contributed by atoms with Crippen LogP contribution in [0.1, 0.15) is 41.5 Å². The minimum atomic E-state index is -0.335. The Balaban J connectivity index is 1.94. The molecule has 0 aliphatic heterocycles. The maximum Gasteiger partial charge on any atom is 0.262 e. The standard InChI is InChI=1S/C21H24N2O4/c1-4-23(5-2)21(26)17-7-6-8-18(13-17)22-20(25)14-27-19-11-9-16(10-12-19)15(3)24/h6-13H,4-5,14H2,1-3H3,(H,22,25). The van der Waals surface area contributed by atoms with Gasteiger partial charge in [0, 0.05) is 29.9 Å². The van der Waals surface area contributed by atoms with Crippen molar-refractivity contribution in [3.63, 3.8) is 0 Å². The second-order valence-corrected chi connectivity index (χ2v) is 5.98. The number of Topliss-reactive ketones (excluding diaryl/α,β-unsaturated/α-hetero) is 1. The van der Waals surface area contributed by atoms with Crippen LogP contribution >= 0.6 is 0 Å². The first-order valence-electron chi connectivity index (χ1n) is 8.87. The number of carbonyl (C=O) groups is 3. The predicted molar refractivity (Wildman–Crippen MR) is 104 cm³/mol. The molecular weight excluding hydrogens is 344 g/mol. The number of hydrogen-bond donors (Lipinski definition) is 1. The zero-order valence-corrected chi connectivity index (χ0v) is 15.8. The van der Waals surface area contributed by atoms with E-state index in [-0.39, 0.29) is 24.2 Å². The Kier molecular flexibility index (Phi) is 7.11. The third-order valence-corrected chi connectivity index (χ3v) is 4.07. The Bertz CT molecular complexity index is 811. The van der Waals surface area contributed by atoms with Gasteiger partial charge in [0.05, 0.1) is 0 Å². The van der Waals surface area contributed by atoms with E-state index in [1.165, 1.54) is 6.92 Å². The van der Waals surface area contributed by atoms with Gasteiger partial charge in [0.15, 0.2) is 12.4 Å². The van der Waals surface area contributed by atoms with Crippen molar-refractivity contribution in [2.45, 2.75) is 20.8 Å². The maximum atomic E-state index is 12.4. The summed E-state index contributed by atoms with van der Waals surface area (Å²) in [5, 5.41) is 2.72. The first-order chi connectivity index (χ1) is 12.9. The molecule has 6 heteroatoms. The molecule has 2 rings (SSSR count). The largest absolute Gasteiger partial charge is 0.484 e. The van der Waals surface area contributed by atoms with E-state index in [1.54, 1.807) is 53.4 Å². The molecule has 1 N–H and O–H groups in total. The average Bonchev–Trinajstić information content (AvgIpc) is 2.67. The van der Waals surface area contributed by atoms with Crippen molar-refractivity contribution >= 4 is 23.3 Å². The summed E-state index contributed by atoms with van der Waals surface area (Å²) in [5.74, 6) is 0.0649. The maximum absolute atomic E-state index is 12.4. The van der Waals surface area contributed by atoms with E-state index in [2.05, 4.69) is 5.32 Å². The number of benzene rings is 2. The molecule has 2 aromatic rings. The van der Waals surface area contributed by atoms with Gasteiger partial charge in [-0.3, -0.25) is 14.4 Å². The minimum absolute atomic E-state index is 0.0292. The molecule has 2 aromatic carbocycles. The molecular formula is C21H24N2O4. The highest BCUT2D eigenvalue weighted by Crippen LogP contribution is 2.15. The second-order valence-electron chi connectivity index (χ2n) is 5.98. The van der Waals surface area contributed by atoms with E-state index in [0.717, 1.165) is 0 Å². The van der Waals surface area contributed by atoms with Crippen LogP contribution in [0.3, 0.4) is 0 Å². The summed E-state index contributed by atoms with van der Waals surface area (Å²) in [7, 11) is 0. The summed E-state index contributed by atoms with van der Waals surface area (Å²) in [6.45, 7) is 6.42. The van der Waals surface area contributed by atoms with Crippen LogP contribution in [0.5, 0.6) is 5.75 Å². The van der Waals surface area contributed by atoms with Gasteiger partial charge < -0.3 is 15.0 Å². The molecule has 142 valence electrons. The molecule has 0 unspecified atom stereocenters. The highest BCUT2D eigenvalue weighted by molar-refractivity contribution is 5.97. The third kappa shape index (κ3) is 5.67. The lowest BCUT2D eigenvalue weighted by molar-refractivity contribution is -0.118. The number of amides is 2. The van der Waals surface area contributed by atoms with Crippen molar-refractivity contribution < 1.29 is 19.1 Å². The van der Waals surface area contributed by atoms with Crippen LogP contribution in [0.2, 0.25) is 0 Å². The van der Waals surface area contributed by atoms with Crippen molar-refractivity contribution in [1.82, 2.24) is 4.90 Å². The molecule has 0 aromatic heterocycles. The molecule has 0 aliphatic rings. The van der Waals surface area contributed by atoms with Crippen molar-refractivity contribution in [3.8, 4) is 5.75 Å². The number of anilines is 1. The van der Waals surface area contributed by atoms with Gasteiger partial charge >= 0.3 is 0 Å². The topological polar surface area (TPSA) is 75.7 Å². The summed E-state index contributed by atoms with van der Waals surface area (Å²) in [4.78, 5) is 37.5. The molecule has 27 heavy (non-hydrogen) atoms. The van der Waals surface area contributed by atoms with Crippen molar-refractivity contribution in [3.05, 3.63) is 59.7 Å². The molecule has 2 amide bonds. The quantitative estimate of drug-likeness (QED) is 0.725. The zero-order chi connectivity index (χ0) is 19.8. The number of carbonyl (C=O) groups excluding carboxylic acids is 3. The van der Waals surface area contributed by atoms with E-state index >= 15 is 0 Å². The van der Waals surface area contributed by atoms with Gasteiger partial charge in [0.25, 0.3) is 11.8 Å². The Hall–Kier alpha value is -3.15. The molecule has 0 aliphatic carbocycles. The van der Waals surface area contributed by atoms with Crippen molar-refractivity contribution in [1.29, 1.82) is 0 Å². The molecule has 0 bridgehead atoms. The van der Waals surface area contributed by atoms with Gasteiger partial charge in [-0.15, -0.1) is 0 Å². The average molecular weight is 368 g/mol. The summed E-state index contributed by atoms with van der Waals surface area (Å²) in [6.07, 6.45) is 0. The molecule has 6 nitrogen and oxygen atoms in total. The van der Waals surface area contributed by atoms with E-state index in [1.807, 2.05) is 13.8 Å². The SMILES string of the molecule is CCN(CC)C(=O)c1cccc(NC(=O)COc2ccc(C(C)=O)cc2)c1. The van der Waals surface area contributed by atoms with Crippen molar-refractivity contribution in [2.75, 3.05) is 25.0 Å². The monoisotopic (exact) mass is 368 g/mol. The molecule has 0 heterocycles. The van der Waals surface area contributed by atoms with E-state index in [9.17, 15) is 14.4 Å². The van der Waals surface area contributed by atoms with Gasteiger partial charge in [0.2, 0.25) is 0 Å². The summed E-state index contributed by atoms with van der Waals surface area (Å²) < 4.78 is 5.43. The van der Waals surface area contributed by atoms with E-state index < -0.39 is 0 Å². The molecule has 0 radical (unpaired) electrons. The Morgan fingerprint density at radius 3 is 2.22 bits per heavy atom. The number of hydrogen-bond acceptors (Lipinski definition) is 4. The first kappa shape index (κ1) is 20.2. The number of rotatable bonds is 8. The summed E-state index contributed by atoms with van der Waals surface area (Å²) in [6, 6.07) is 13.4. The number of nitrogens with zero attached hydrogens (tertiary/aromatic N) is 1. The van der Waals surface area contributed by atoms with Gasteiger partial charge in [0.1, 0.15) is 5.75 Å². The van der Waals surface area contributed by atoms with Gasteiger partial charge in [-0.1, -0.05) is 6.07 Å². The first-order valence-corrected chi connectivity index (χ1v) is 8.87. The fourth-order valence-electron chi connectivity index (χ4n) is 2.56. The molecule has 0 fully saturated rings. The normalized spacial score (nSPS) is 10.2. The highest BCUT2D eigenvalue weighted by Gasteiger charge is 2.13. The molecule has 0 saturated heterocycles. The number of ketones is 1. The lowest BCUT2D eigenvalue weighted by Crippen LogP contribution is -2.30. The number of ether oxygens (including phenoxy) is 1. The van der Waals surface area contributed by atoms with Crippen LogP contribution in [-0.4, -0.2) is 42.2 Å². The lowest BCUT2D eigenvalue weighted by atomic mass is 10.1. The summed E-state index contributed by atoms with van der Waals surface area (Å²) in [5.41, 5.74) is 1.65. The number of nitrogens with one attached hydrogen (secondary N) is 1. The molecule has 0 atom stereocenters. The summed E-state index contributed by atoms with van der Waals surface area (Å²) >= 11 is 0. The predicted octanol–water partition coefficient (Wildman–Crippen LogP) is 3.39. The Labute approximate surface area is 159 Å². The highest BCUT2D eigenvalue weighted by atomic mass is 16.5. The Morgan fingerprint density at radius 1 is 0.963 bits per heavy atom. The van der Waals surface area contributed by atoms with Crippen molar-refractivity contribution in [2.24, 2.45) is 0 Å². The van der Waals surface area contributed by atoms with E-state index in [0.29, 0.717) is 35.7 Å². The third-order valence-electron chi connectivity index (χ3n) is 4.07. The van der Waals surface area contributed by atoms with Gasteiger partial charge in [-0.25, -0.2) is 0 Å². The van der Waals surface area contributed by atoms with Crippen LogP contribution in [-0.2, 0) is 4.79 Å². The minimum Gasteiger partial charge on any atom is -0.484 e. The molecule has 0 spiro atoms. The van der Waals surface area contributed by atoms with Crippen LogP contribution in [0.25, 0.3) is 0 Å². The second kappa shape index (κ2) is 9.52. The van der Waals surface area contributed by atoms with Gasteiger partial charge in [-0.05, 0) is 63.2 Å². The fourth-order valence-corrected chi connectivity index (χ4v) is 2.56. The fraction of sp³-hybridized carbons (Fsp3) is 0.286. The van der Waals surface area contributed by atoms with Crippen LogP contribution in [0.15, 0.2) is 48.5 Å². The van der Waals surface area contributed by atoms with Crippen LogP contribution in [0.4, 0.5) is 5.69 Å². The van der Waals surface area contributed by atoms with E-state index in [4.69, 9.17) is 4.74 Å². The Morgan fingerprint density at radius 2 is 1.63 bits per heavy atom. The van der Waals surface area contributed by atoms with Crippen LogP contribution < -0.4 is 10.1 Å². The van der Waals surface area contributed by atoms with Crippen LogP contribution in [0, 0.1) is 0 Å². The van der Waals surface area contributed by atoms with Gasteiger partial charge in [-0.2, -0.15) is 0 Å². The lowest BCUT2D eigenvalue weighted by Gasteiger charge is -2.19. The zero-order valence-electron chi connectivity index (χ0n) is 15.8.